The summed E-state index contributed by atoms with van der Waals surface area (Å²) in [7, 11) is 0. The zero-order valence-corrected chi connectivity index (χ0v) is 13.6. The van der Waals surface area contributed by atoms with E-state index >= 15 is 0 Å². The maximum absolute atomic E-state index is 12.5. The summed E-state index contributed by atoms with van der Waals surface area (Å²) in [6.07, 6.45) is 1.82. The highest BCUT2D eigenvalue weighted by atomic mass is 16.3. The Hall–Kier alpha value is -3.08. The van der Waals surface area contributed by atoms with Crippen molar-refractivity contribution in [2.75, 3.05) is 11.9 Å². The van der Waals surface area contributed by atoms with Gasteiger partial charge < -0.3 is 14.6 Å². The lowest BCUT2D eigenvalue weighted by molar-refractivity contribution is -0.128. The standard InChI is InChI=1S/C20H18N2O3/c23-19-11-16(12-22(19)13-18-6-3-9-25-18)20(24)21-17-8-7-14-4-1-2-5-15(14)10-17/h1-10,16H,11-13H2,(H,21,24)/t16-/m1/s1. The van der Waals surface area contributed by atoms with Gasteiger partial charge in [0.15, 0.2) is 0 Å². The van der Waals surface area contributed by atoms with Crippen LogP contribution in [0.15, 0.2) is 65.3 Å². The summed E-state index contributed by atoms with van der Waals surface area (Å²) in [6, 6.07) is 17.4. The number of rotatable bonds is 4. The van der Waals surface area contributed by atoms with Crippen molar-refractivity contribution in [3.63, 3.8) is 0 Å². The number of anilines is 1. The largest absolute Gasteiger partial charge is 0.467 e. The van der Waals surface area contributed by atoms with Crippen molar-refractivity contribution in [1.29, 1.82) is 0 Å². The molecule has 2 heterocycles. The third kappa shape index (κ3) is 3.26. The minimum Gasteiger partial charge on any atom is -0.467 e. The van der Waals surface area contributed by atoms with Crippen LogP contribution in [0.3, 0.4) is 0 Å². The molecule has 1 fully saturated rings. The summed E-state index contributed by atoms with van der Waals surface area (Å²) in [4.78, 5) is 26.3. The fourth-order valence-corrected chi connectivity index (χ4v) is 3.20. The molecule has 126 valence electrons. The Kier molecular flexibility index (Phi) is 3.98. The monoisotopic (exact) mass is 334 g/mol. The van der Waals surface area contributed by atoms with Crippen molar-refractivity contribution < 1.29 is 14.0 Å². The summed E-state index contributed by atoms with van der Waals surface area (Å²) < 4.78 is 5.28. The molecule has 25 heavy (non-hydrogen) atoms. The number of fused-ring (bicyclic) bond motifs is 1. The van der Waals surface area contributed by atoms with Gasteiger partial charge in [-0.3, -0.25) is 9.59 Å². The molecule has 0 aliphatic carbocycles. The second-order valence-electron chi connectivity index (χ2n) is 6.31. The third-order valence-corrected chi connectivity index (χ3v) is 4.53. The number of carbonyl (C=O) groups is 2. The number of hydrogen-bond donors (Lipinski definition) is 1. The molecule has 4 rings (SSSR count). The summed E-state index contributed by atoms with van der Waals surface area (Å²) in [5.41, 5.74) is 0.751. The molecule has 1 aromatic heterocycles. The molecule has 0 radical (unpaired) electrons. The van der Waals surface area contributed by atoms with Crippen LogP contribution < -0.4 is 5.32 Å². The van der Waals surface area contributed by atoms with Gasteiger partial charge in [0.05, 0.1) is 18.7 Å². The lowest BCUT2D eigenvalue weighted by Crippen LogP contribution is -2.27. The van der Waals surface area contributed by atoms with Crippen molar-refractivity contribution in [3.05, 3.63) is 66.6 Å². The van der Waals surface area contributed by atoms with Gasteiger partial charge in [0.25, 0.3) is 0 Å². The zero-order chi connectivity index (χ0) is 17.2. The number of benzene rings is 2. The van der Waals surface area contributed by atoms with E-state index in [1.54, 1.807) is 17.2 Å². The fourth-order valence-electron chi connectivity index (χ4n) is 3.20. The molecule has 0 bridgehead atoms. The molecular weight excluding hydrogens is 316 g/mol. The van der Waals surface area contributed by atoms with E-state index in [9.17, 15) is 9.59 Å². The topological polar surface area (TPSA) is 62.6 Å². The lowest BCUT2D eigenvalue weighted by Gasteiger charge is -2.15. The Morgan fingerprint density at radius 3 is 2.76 bits per heavy atom. The van der Waals surface area contributed by atoms with Gasteiger partial charge in [-0.1, -0.05) is 30.3 Å². The smallest absolute Gasteiger partial charge is 0.229 e. The first-order valence-electron chi connectivity index (χ1n) is 8.29. The van der Waals surface area contributed by atoms with E-state index in [4.69, 9.17) is 4.42 Å². The van der Waals surface area contributed by atoms with E-state index in [2.05, 4.69) is 5.32 Å². The third-order valence-electron chi connectivity index (χ3n) is 4.53. The van der Waals surface area contributed by atoms with Crippen molar-refractivity contribution in [3.8, 4) is 0 Å². The van der Waals surface area contributed by atoms with E-state index in [1.807, 2.05) is 48.5 Å². The Balaban J connectivity index is 1.43. The van der Waals surface area contributed by atoms with Crippen LogP contribution in [-0.4, -0.2) is 23.3 Å². The van der Waals surface area contributed by atoms with Gasteiger partial charge in [-0.15, -0.1) is 0 Å². The quantitative estimate of drug-likeness (QED) is 0.795. The molecule has 2 amide bonds. The second kappa shape index (κ2) is 6.43. The van der Waals surface area contributed by atoms with Gasteiger partial charge >= 0.3 is 0 Å². The van der Waals surface area contributed by atoms with Crippen LogP contribution >= 0.6 is 0 Å². The Bertz CT molecular complexity index is 918. The van der Waals surface area contributed by atoms with Crippen LogP contribution in [0.1, 0.15) is 12.2 Å². The van der Waals surface area contributed by atoms with Gasteiger partial charge in [-0.05, 0) is 35.0 Å². The van der Waals surface area contributed by atoms with Crippen molar-refractivity contribution in [1.82, 2.24) is 4.90 Å². The maximum Gasteiger partial charge on any atom is 0.229 e. The van der Waals surface area contributed by atoms with E-state index < -0.39 is 0 Å². The van der Waals surface area contributed by atoms with Gasteiger partial charge in [0.2, 0.25) is 11.8 Å². The molecule has 0 saturated carbocycles. The first kappa shape index (κ1) is 15.4. The number of amides is 2. The van der Waals surface area contributed by atoms with Crippen LogP contribution in [0.5, 0.6) is 0 Å². The highest BCUT2D eigenvalue weighted by Crippen LogP contribution is 2.23. The average molecular weight is 334 g/mol. The molecule has 5 heteroatoms. The molecular formula is C20H18N2O3. The molecule has 0 unspecified atom stereocenters. The highest BCUT2D eigenvalue weighted by molar-refractivity contribution is 5.98. The Morgan fingerprint density at radius 1 is 1.12 bits per heavy atom. The number of likely N-dealkylation sites (tertiary alicyclic amines) is 1. The number of nitrogens with zero attached hydrogens (tertiary/aromatic N) is 1. The first-order chi connectivity index (χ1) is 12.2. The number of hydrogen-bond acceptors (Lipinski definition) is 3. The number of carbonyl (C=O) groups excluding carboxylic acids is 2. The summed E-state index contributed by atoms with van der Waals surface area (Å²) in [5, 5.41) is 5.13. The molecule has 5 nitrogen and oxygen atoms in total. The first-order valence-corrected chi connectivity index (χ1v) is 8.29. The van der Waals surface area contributed by atoms with Gasteiger partial charge in [0, 0.05) is 18.7 Å². The number of nitrogens with one attached hydrogen (secondary N) is 1. The lowest BCUT2D eigenvalue weighted by atomic mass is 10.1. The van der Waals surface area contributed by atoms with E-state index in [0.29, 0.717) is 13.1 Å². The maximum atomic E-state index is 12.5. The summed E-state index contributed by atoms with van der Waals surface area (Å²) in [6.45, 7) is 0.824. The Morgan fingerprint density at radius 2 is 1.96 bits per heavy atom. The van der Waals surface area contributed by atoms with E-state index in [0.717, 1.165) is 22.2 Å². The molecule has 1 atom stereocenters. The molecule has 3 aromatic rings. The van der Waals surface area contributed by atoms with Crippen LogP contribution in [-0.2, 0) is 16.1 Å². The zero-order valence-electron chi connectivity index (χ0n) is 13.6. The summed E-state index contributed by atoms with van der Waals surface area (Å²) in [5.74, 6) is 0.249. The molecule has 1 saturated heterocycles. The SMILES string of the molecule is O=C(Nc1ccc2ccccc2c1)[C@@H]1CC(=O)N(Cc2ccco2)C1. The van der Waals surface area contributed by atoms with Crippen LogP contribution in [0.25, 0.3) is 10.8 Å². The minimum absolute atomic E-state index is 0.0185. The number of furan rings is 1. The van der Waals surface area contributed by atoms with E-state index in [-0.39, 0.29) is 24.2 Å². The van der Waals surface area contributed by atoms with Crippen LogP contribution in [0, 0.1) is 5.92 Å². The van der Waals surface area contributed by atoms with Crippen LogP contribution in [0.4, 0.5) is 5.69 Å². The average Bonchev–Trinajstić information content (AvgIpc) is 3.25. The molecule has 1 aliphatic rings. The predicted molar refractivity (Wildman–Crippen MR) is 94.8 cm³/mol. The van der Waals surface area contributed by atoms with Gasteiger partial charge in [-0.2, -0.15) is 0 Å². The highest BCUT2D eigenvalue weighted by Gasteiger charge is 2.34. The van der Waals surface area contributed by atoms with Crippen LogP contribution in [0.2, 0.25) is 0 Å². The molecule has 1 N–H and O–H groups in total. The second-order valence-corrected chi connectivity index (χ2v) is 6.31. The fraction of sp³-hybridized carbons (Fsp3) is 0.200. The predicted octanol–water partition coefficient (Wildman–Crippen LogP) is 3.42. The normalized spacial score (nSPS) is 17.2. The molecule has 1 aliphatic heterocycles. The van der Waals surface area contributed by atoms with Crippen molar-refractivity contribution in [2.24, 2.45) is 5.92 Å². The van der Waals surface area contributed by atoms with Gasteiger partial charge in [-0.25, -0.2) is 0 Å². The minimum atomic E-state index is -0.339. The Labute approximate surface area is 145 Å². The van der Waals surface area contributed by atoms with Gasteiger partial charge in [0.1, 0.15) is 5.76 Å². The summed E-state index contributed by atoms with van der Waals surface area (Å²) >= 11 is 0. The van der Waals surface area contributed by atoms with E-state index in [1.165, 1.54) is 0 Å². The van der Waals surface area contributed by atoms with Crippen molar-refractivity contribution in [2.45, 2.75) is 13.0 Å². The molecule has 2 aromatic carbocycles. The van der Waals surface area contributed by atoms with Crippen molar-refractivity contribution >= 4 is 28.3 Å². The molecule has 0 spiro atoms.